The lowest BCUT2D eigenvalue weighted by Gasteiger charge is -2.12. The van der Waals surface area contributed by atoms with Crippen LogP contribution in [0, 0.1) is 6.92 Å². The fraction of sp³-hybridized carbons (Fsp3) is 0.500. The molecule has 0 saturated carbocycles. The van der Waals surface area contributed by atoms with E-state index in [1.807, 2.05) is 12.3 Å². The van der Waals surface area contributed by atoms with E-state index in [1.165, 1.54) is 18.3 Å². The molecule has 1 heterocycles. The third-order valence-corrected chi connectivity index (χ3v) is 4.43. The van der Waals surface area contributed by atoms with Gasteiger partial charge in [0.2, 0.25) is 5.91 Å². The van der Waals surface area contributed by atoms with E-state index in [1.54, 1.807) is 0 Å². The van der Waals surface area contributed by atoms with Crippen molar-refractivity contribution in [3.8, 4) is 0 Å². The van der Waals surface area contributed by atoms with Gasteiger partial charge in [-0.1, -0.05) is 0 Å². The van der Waals surface area contributed by atoms with Crippen molar-refractivity contribution >= 4 is 34.0 Å². The van der Waals surface area contributed by atoms with E-state index in [2.05, 4.69) is 10.3 Å². The van der Waals surface area contributed by atoms with Crippen molar-refractivity contribution in [3.63, 3.8) is 0 Å². The van der Waals surface area contributed by atoms with E-state index in [0.29, 0.717) is 5.01 Å². The quantitative estimate of drug-likeness (QED) is 0.785. The number of carboxylic acids is 1. The first-order chi connectivity index (χ1) is 8.38. The number of rotatable bonds is 6. The van der Waals surface area contributed by atoms with Gasteiger partial charge in [0, 0.05) is 28.8 Å². The zero-order valence-corrected chi connectivity index (χ0v) is 11.6. The van der Waals surface area contributed by atoms with Gasteiger partial charge in [-0.2, -0.15) is 0 Å². The summed E-state index contributed by atoms with van der Waals surface area (Å²) in [6.45, 7) is 3.06. The monoisotopic (exact) mass is 290 g/mol. The van der Waals surface area contributed by atoms with Gasteiger partial charge in [-0.25, -0.2) is 9.78 Å². The largest absolute Gasteiger partial charge is 0.480 e. The minimum atomic E-state index is -1.37. The average molecular weight is 290 g/mol. The first-order valence-electron chi connectivity index (χ1n) is 5.14. The number of aromatic nitrogens is 1. The van der Waals surface area contributed by atoms with Gasteiger partial charge in [-0.3, -0.25) is 9.00 Å². The normalized spacial score (nSPS) is 13.9. The van der Waals surface area contributed by atoms with E-state index in [9.17, 15) is 13.8 Å². The Morgan fingerprint density at radius 3 is 2.72 bits per heavy atom. The van der Waals surface area contributed by atoms with E-state index in [4.69, 9.17) is 5.11 Å². The molecule has 1 unspecified atom stereocenters. The number of hydrogen-bond donors (Lipinski definition) is 2. The second-order valence-corrected chi connectivity index (χ2v) is 6.17. The predicted molar refractivity (Wildman–Crippen MR) is 68.8 cm³/mol. The zero-order chi connectivity index (χ0) is 13.7. The van der Waals surface area contributed by atoms with Crippen LogP contribution in [0.1, 0.15) is 17.6 Å². The smallest absolute Gasteiger partial charge is 0.327 e. The molecule has 0 aliphatic carbocycles. The number of thiazole rings is 1. The molecule has 0 radical (unpaired) electrons. The van der Waals surface area contributed by atoms with Crippen LogP contribution in [0.15, 0.2) is 5.38 Å². The minimum absolute atomic E-state index is 0.118. The number of nitrogens with one attached hydrogen (secondary N) is 1. The molecular weight excluding hydrogens is 276 g/mol. The number of hydrogen-bond acceptors (Lipinski definition) is 5. The van der Waals surface area contributed by atoms with Crippen molar-refractivity contribution in [3.05, 3.63) is 16.1 Å². The molecule has 100 valence electrons. The molecule has 8 heteroatoms. The summed E-state index contributed by atoms with van der Waals surface area (Å²) in [5.41, 5.74) is 0.851. The SMILES string of the molecule is CC(=O)N[C@@H](CS(=O)Cc1nc(C)cs1)C(=O)O. The third-order valence-electron chi connectivity index (χ3n) is 1.98. The maximum Gasteiger partial charge on any atom is 0.327 e. The van der Waals surface area contributed by atoms with Crippen LogP contribution in [-0.2, 0) is 26.1 Å². The molecule has 1 aromatic rings. The highest BCUT2D eigenvalue weighted by atomic mass is 32.2. The van der Waals surface area contributed by atoms with Crippen LogP contribution in [0.25, 0.3) is 0 Å². The van der Waals surface area contributed by atoms with Crippen LogP contribution in [0.5, 0.6) is 0 Å². The third kappa shape index (κ3) is 4.92. The molecule has 1 amide bonds. The maximum atomic E-state index is 11.8. The van der Waals surface area contributed by atoms with Gasteiger partial charge in [0.15, 0.2) is 0 Å². The number of aryl methyl sites for hydroxylation is 1. The predicted octanol–water partition coefficient (Wildman–Crippen LogP) is 0.290. The maximum absolute atomic E-state index is 11.8. The molecule has 1 rings (SSSR count). The summed E-state index contributed by atoms with van der Waals surface area (Å²) in [4.78, 5) is 25.8. The van der Waals surface area contributed by atoms with Gasteiger partial charge >= 0.3 is 5.97 Å². The van der Waals surface area contributed by atoms with Crippen LogP contribution in [0.2, 0.25) is 0 Å². The van der Waals surface area contributed by atoms with E-state index in [0.717, 1.165) is 5.69 Å². The summed E-state index contributed by atoms with van der Waals surface area (Å²) in [5.74, 6) is -1.55. The lowest BCUT2D eigenvalue weighted by atomic mass is 10.3. The Labute approximate surface area is 111 Å². The van der Waals surface area contributed by atoms with Gasteiger partial charge in [0.1, 0.15) is 11.0 Å². The van der Waals surface area contributed by atoms with Crippen molar-refractivity contribution in [2.45, 2.75) is 25.6 Å². The fourth-order valence-electron chi connectivity index (χ4n) is 1.27. The van der Waals surface area contributed by atoms with Crippen molar-refractivity contribution in [1.29, 1.82) is 0 Å². The summed E-state index contributed by atoms with van der Waals surface area (Å²) in [5, 5.41) is 13.7. The van der Waals surface area contributed by atoms with E-state index in [-0.39, 0.29) is 11.5 Å². The minimum Gasteiger partial charge on any atom is -0.480 e. The van der Waals surface area contributed by atoms with Crippen molar-refractivity contribution in [2.75, 3.05) is 5.75 Å². The van der Waals surface area contributed by atoms with Gasteiger partial charge in [-0.05, 0) is 6.92 Å². The number of carboxylic acid groups (broad SMARTS) is 1. The summed E-state index contributed by atoms with van der Waals surface area (Å²) in [7, 11) is -1.37. The van der Waals surface area contributed by atoms with Crippen LogP contribution in [0.4, 0.5) is 0 Å². The number of nitrogens with zero attached hydrogens (tertiary/aromatic N) is 1. The number of aliphatic carboxylic acids is 1. The van der Waals surface area contributed by atoms with Crippen molar-refractivity contribution < 1.29 is 18.9 Å². The van der Waals surface area contributed by atoms with Crippen LogP contribution >= 0.6 is 11.3 Å². The van der Waals surface area contributed by atoms with E-state index >= 15 is 0 Å². The molecule has 0 aliphatic heterocycles. The number of amides is 1. The molecule has 0 aromatic carbocycles. The van der Waals surface area contributed by atoms with Crippen molar-refractivity contribution in [2.24, 2.45) is 0 Å². The highest BCUT2D eigenvalue weighted by Gasteiger charge is 2.21. The Balaban J connectivity index is 2.56. The topological polar surface area (TPSA) is 96.4 Å². The Morgan fingerprint density at radius 1 is 1.61 bits per heavy atom. The van der Waals surface area contributed by atoms with Gasteiger partial charge in [0.25, 0.3) is 0 Å². The number of carbonyl (C=O) groups excluding carboxylic acids is 1. The zero-order valence-electron chi connectivity index (χ0n) is 10.0. The summed E-state index contributed by atoms with van der Waals surface area (Å²) in [6.07, 6.45) is 0. The molecule has 0 fully saturated rings. The number of carbonyl (C=O) groups is 2. The first-order valence-corrected chi connectivity index (χ1v) is 7.51. The second-order valence-electron chi connectivity index (χ2n) is 3.72. The molecule has 0 spiro atoms. The highest BCUT2D eigenvalue weighted by Crippen LogP contribution is 2.11. The van der Waals surface area contributed by atoms with E-state index < -0.39 is 28.7 Å². The Kier molecular flexibility index (Phi) is 5.42. The Hall–Kier alpha value is -1.28. The molecule has 2 atom stereocenters. The molecule has 6 nitrogen and oxygen atoms in total. The van der Waals surface area contributed by atoms with Crippen LogP contribution in [0.3, 0.4) is 0 Å². The van der Waals surface area contributed by atoms with Gasteiger partial charge in [-0.15, -0.1) is 11.3 Å². The summed E-state index contributed by atoms with van der Waals surface area (Å²) < 4.78 is 11.8. The fourth-order valence-corrected chi connectivity index (χ4v) is 3.55. The van der Waals surface area contributed by atoms with Crippen molar-refractivity contribution in [1.82, 2.24) is 10.3 Å². The first kappa shape index (κ1) is 14.8. The van der Waals surface area contributed by atoms with Crippen LogP contribution in [-0.4, -0.2) is 38.0 Å². The molecule has 0 bridgehead atoms. The Morgan fingerprint density at radius 2 is 2.28 bits per heavy atom. The Bertz CT molecular complexity index is 472. The lowest BCUT2D eigenvalue weighted by molar-refractivity contribution is -0.140. The van der Waals surface area contributed by atoms with Gasteiger partial charge < -0.3 is 10.4 Å². The standard InChI is InChI=1S/C10H14N2O4S2/c1-6-3-17-9(11-6)5-18(16)4-8(10(14)15)12-7(2)13/h3,8H,4-5H2,1-2H3,(H,12,13)(H,14,15)/t8-,18?/m0/s1. The molecule has 0 saturated heterocycles. The lowest BCUT2D eigenvalue weighted by Crippen LogP contribution is -2.43. The van der Waals surface area contributed by atoms with Gasteiger partial charge in [0.05, 0.1) is 11.5 Å². The molecule has 2 N–H and O–H groups in total. The summed E-state index contributed by atoms with van der Waals surface area (Å²) in [6, 6.07) is -1.12. The molecular formula is C10H14N2O4S2. The highest BCUT2D eigenvalue weighted by molar-refractivity contribution is 7.84. The molecule has 18 heavy (non-hydrogen) atoms. The second kappa shape index (κ2) is 6.60. The average Bonchev–Trinajstić information content (AvgIpc) is 2.62. The molecule has 0 aliphatic rings. The molecule has 1 aromatic heterocycles. The van der Waals surface area contributed by atoms with Crippen LogP contribution < -0.4 is 5.32 Å². The summed E-state index contributed by atoms with van der Waals surface area (Å²) >= 11 is 1.39.